The summed E-state index contributed by atoms with van der Waals surface area (Å²) in [6.07, 6.45) is 92.9. The normalized spacial score (nSPS) is 12.7. The Balaban J connectivity index is 4.18. The molecule has 0 aromatic carbocycles. The van der Waals surface area contributed by atoms with E-state index in [1.807, 2.05) is 0 Å². The Morgan fingerprint density at radius 3 is 0.753 bits per heavy atom. The van der Waals surface area contributed by atoms with Crippen LogP contribution in [0, 0.1) is 0 Å². The third-order valence-electron chi connectivity index (χ3n) is 15.1. The molecule has 466 valence electrons. The lowest BCUT2D eigenvalue weighted by Crippen LogP contribution is -2.30. The van der Waals surface area contributed by atoms with E-state index in [9.17, 15) is 14.4 Å². The van der Waals surface area contributed by atoms with Gasteiger partial charge in [0.05, 0.1) is 0 Å². The van der Waals surface area contributed by atoms with Gasteiger partial charge in [0.15, 0.2) is 6.10 Å². The molecular formula is C75H130O6. The average molecular weight is 1130 g/mol. The number of unbranched alkanes of at least 4 members (excludes halogenated alkanes) is 36. The highest BCUT2D eigenvalue weighted by Gasteiger charge is 2.19. The Hall–Kier alpha value is -3.67. The van der Waals surface area contributed by atoms with Gasteiger partial charge in [0, 0.05) is 19.3 Å². The summed E-state index contributed by atoms with van der Waals surface area (Å²) in [5.41, 5.74) is 0. The molecule has 0 N–H and O–H groups in total. The van der Waals surface area contributed by atoms with E-state index < -0.39 is 6.10 Å². The summed E-state index contributed by atoms with van der Waals surface area (Å²) >= 11 is 0. The second-order valence-corrected chi connectivity index (χ2v) is 23.1. The molecule has 0 bridgehead atoms. The Kier molecular flexibility index (Phi) is 65.7. The Morgan fingerprint density at radius 1 is 0.259 bits per heavy atom. The predicted octanol–water partition coefficient (Wildman–Crippen LogP) is 24.0. The SMILES string of the molecule is CC/C=C\C/C=C\C/C=C\C/C=C\C/C=C\C/C=C\C/C=C\C/C=C\CCCCCCCCCCCCC(=O)OCC(COC(=O)CCCCCCCCCCCCCC)OC(=O)CCCCCCCCCCCCCCCCCC. The largest absolute Gasteiger partial charge is 0.462 e. The number of carbonyl (C=O) groups is 3. The molecule has 1 unspecified atom stereocenters. The van der Waals surface area contributed by atoms with Gasteiger partial charge in [-0.25, -0.2) is 0 Å². The first-order valence-corrected chi connectivity index (χ1v) is 34.7. The molecular weight excluding hydrogens is 997 g/mol. The van der Waals surface area contributed by atoms with Crippen LogP contribution in [-0.4, -0.2) is 37.2 Å². The molecule has 0 aliphatic rings. The molecule has 81 heavy (non-hydrogen) atoms. The fourth-order valence-electron chi connectivity index (χ4n) is 9.93. The zero-order valence-corrected chi connectivity index (χ0v) is 53.5. The van der Waals surface area contributed by atoms with Gasteiger partial charge in [-0.05, 0) is 83.5 Å². The van der Waals surface area contributed by atoms with Crippen LogP contribution in [0.3, 0.4) is 0 Å². The second kappa shape index (κ2) is 68.8. The minimum Gasteiger partial charge on any atom is -0.462 e. The van der Waals surface area contributed by atoms with Crippen molar-refractivity contribution in [1.29, 1.82) is 0 Å². The van der Waals surface area contributed by atoms with E-state index in [1.165, 1.54) is 193 Å². The molecule has 0 saturated heterocycles. The fraction of sp³-hybridized carbons (Fsp3) is 0.747. The molecule has 0 heterocycles. The highest BCUT2D eigenvalue weighted by Crippen LogP contribution is 2.17. The average Bonchev–Trinajstić information content (AvgIpc) is 3.47. The van der Waals surface area contributed by atoms with Crippen LogP contribution in [-0.2, 0) is 28.6 Å². The maximum Gasteiger partial charge on any atom is 0.306 e. The molecule has 0 spiro atoms. The van der Waals surface area contributed by atoms with Gasteiger partial charge < -0.3 is 14.2 Å². The van der Waals surface area contributed by atoms with Crippen molar-refractivity contribution in [3.05, 3.63) is 97.2 Å². The maximum absolute atomic E-state index is 12.9. The van der Waals surface area contributed by atoms with Crippen LogP contribution >= 0.6 is 0 Å². The van der Waals surface area contributed by atoms with E-state index in [2.05, 4.69) is 118 Å². The topological polar surface area (TPSA) is 78.9 Å². The van der Waals surface area contributed by atoms with E-state index in [4.69, 9.17) is 14.2 Å². The third kappa shape index (κ3) is 67.0. The zero-order valence-electron chi connectivity index (χ0n) is 53.5. The molecule has 0 aromatic rings. The number of esters is 3. The van der Waals surface area contributed by atoms with Crippen molar-refractivity contribution in [1.82, 2.24) is 0 Å². The van der Waals surface area contributed by atoms with Gasteiger partial charge in [0.2, 0.25) is 0 Å². The number of carbonyl (C=O) groups excluding carboxylic acids is 3. The molecule has 0 aliphatic carbocycles. The van der Waals surface area contributed by atoms with Crippen molar-refractivity contribution in [2.24, 2.45) is 0 Å². The van der Waals surface area contributed by atoms with E-state index in [-0.39, 0.29) is 31.1 Å². The van der Waals surface area contributed by atoms with E-state index in [1.54, 1.807) is 0 Å². The van der Waals surface area contributed by atoms with Crippen LogP contribution in [0.1, 0.15) is 342 Å². The monoisotopic (exact) mass is 1130 g/mol. The van der Waals surface area contributed by atoms with E-state index in [0.29, 0.717) is 19.3 Å². The van der Waals surface area contributed by atoms with Gasteiger partial charge in [-0.2, -0.15) is 0 Å². The molecule has 0 fully saturated rings. The van der Waals surface area contributed by atoms with Crippen molar-refractivity contribution >= 4 is 17.9 Å². The van der Waals surface area contributed by atoms with Gasteiger partial charge in [-0.15, -0.1) is 0 Å². The lowest BCUT2D eigenvalue weighted by molar-refractivity contribution is -0.167. The standard InChI is InChI=1S/C75H130O6/c1-4-7-10-13-16-19-22-25-27-29-30-31-32-33-34-35-36-37-38-39-40-41-42-43-44-45-46-47-49-50-53-56-59-62-65-68-74(77)80-71-72(70-79-73(76)67-64-61-58-55-52-24-21-18-15-12-9-6-3)81-75(78)69-66-63-60-57-54-51-48-28-26-23-20-17-14-11-8-5-2/h7,10,16,19,25,27,30-31,33-34,36-37,39-40,42-43,72H,4-6,8-9,11-15,17-18,20-24,26,28-29,32,35,38,41,44-71H2,1-3H3/b10-7-,19-16-,27-25-,31-30-,34-33-,37-36-,40-39-,43-42-. The first kappa shape index (κ1) is 77.3. The molecule has 0 saturated carbocycles. The Labute approximate surface area is 502 Å². The molecule has 0 aliphatic heterocycles. The lowest BCUT2D eigenvalue weighted by atomic mass is 10.0. The van der Waals surface area contributed by atoms with Crippen molar-refractivity contribution in [3.63, 3.8) is 0 Å². The molecule has 0 radical (unpaired) electrons. The fourth-order valence-corrected chi connectivity index (χ4v) is 9.93. The smallest absolute Gasteiger partial charge is 0.306 e. The lowest BCUT2D eigenvalue weighted by Gasteiger charge is -2.18. The van der Waals surface area contributed by atoms with Gasteiger partial charge in [-0.1, -0.05) is 336 Å². The molecule has 1 atom stereocenters. The summed E-state index contributed by atoms with van der Waals surface area (Å²) in [6, 6.07) is 0. The first-order chi connectivity index (χ1) is 40.0. The molecule has 6 heteroatoms. The maximum atomic E-state index is 12.9. The van der Waals surface area contributed by atoms with Gasteiger partial charge in [0.1, 0.15) is 13.2 Å². The van der Waals surface area contributed by atoms with Crippen molar-refractivity contribution in [3.8, 4) is 0 Å². The minimum atomic E-state index is -0.775. The summed E-state index contributed by atoms with van der Waals surface area (Å²) in [4.78, 5) is 38.3. The number of ether oxygens (including phenoxy) is 3. The van der Waals surface area contributed by atoms with E-state index in [0.717, 1.165) is 109 Å². The molecule has 0 rings (SSSR count). The number of hydrogen-bond acceptors (Lipinski definition) is 6. The summed E-state index contributed by atoms with van der Waals surface area (Å²) in [6.45, 7) is 6.56. The Bertz CT molecular complexity index is 1580. The van der Waals surface area contributed by atoms with E-state index >= 15 is 0 Å². The number of hydrogen-bond donors (Lipinski definition) is 0. The van der Waals surface area contributed by atoms with Crippen molar-refractivity contribution in [2.45, 2.75) is 348 Å². The summed E-state index contributed by atoms with van der Waals surface area (Å²) in [5, 5.41) is 0. The van der Waals surface area contributed by atoms with Crippen LogP contribution in [0.2, 0.25) is 0 Å². The molecule has 6 nitrogen and oxygen atoms in total. The van der Waals surface area contributed by atoms with Gasteiger partial charge >= 0.3 is 17.9 Å². The first-order valence-electron chi connectivity index (χ1n) is 34.7. The minimum absolute atomic E-state index is 0.0722. The summed E-state index contributed by atoms with van der Waals surface area (Å²) < 4.78 is 16.9. The van der Waals surface area contributed by atoms with Crippen LogP contribution in [0.5, 0.6) is 0 Å². The van der Waals surface area contributed by atoms with Gasteiger partial charge in [0.25, 0.3) is 0 Å². The van der Waals surface area contributed by atoms with Crippen molar-refractivity contribution < 1.29 is 28.6 Å². The summed E-state index contributed by atoms with van der Waals surface area (Å²) in [5.74, 6) is -0.859. The van der Waals surface area contributed by atoms with Gasteiger partial charge in [-0.3, -0.25) is 14.4 Å². The number of rotatable bonds is 63. The zero-order chi connectivity index (χ0) is 58.5. The van der Waals surface area contributed by atoms with Crippen LogP contribution in [0.25, 0.3) is 0 Å². The third-order valence-corrected chi connectivity index (χ3v) is 15.1. The highest BCUT2D eigenvalue weighted by atomic mass is 16.6. The molecule has 0 amide bonds. The molecule has 0 aromatic heterocycles. The summed E-state index contributed by atoms with van der Waals surface area (Å²) in [7, 11) is 0. The van der Waals surface area contributed by atoms with Crippen LogP contribution < -0.4 is 0 Å². The van der Waals surface area contributed by atoms with Crippen molar-refractivity contribution in [2.75, 3.05) is 13.2 Å². The number of allylic oxidation sites excluding steroid dienone is 16. The second-order valence-electron chi connectivity index (χ2n) is 23.1. The predicted molar refractivity (Wildman–Crippen MR) is 353 cm³/mol. The van der Waals surface area contributed by atoms with Crippen LogP contribution in [0.15, 0.2) is 97.2 Å². The quantitative estimate of drug-likeness (QED) is 0.0261. The highest BCUT2D eigenvalue weighted by molar-refractivity contribution is 5.71. The van der Waals surface area contributed by atoms with Crippen LogP contribution in [0.4, 0.5) is 0 Å². The Morgan fingerprint density at radius 2 is 0.481 bits per heavy atom.